The Balaban J connectivity index is 2.84. The van der Waals surface area contributed by atoms with Gasteiger partial charge in [-0.15, -0.1) is 0 Å². The fourth-order valence-electron chi connectivity index (χ4n) is 1.41. The topological polar surface area (TPSA) is 30.7 Å². The normalized spacial score (nSPS) is 10.8. The summed E-state index contributed by atoms with van der Waals surface area (Å²) in [6, 6.07) is 0. The minimum Gasteiger partial charge on any atom is -0.304 e. The van der Waals surface area contributed by atoms with Crippen molar-refractivity contribution in [3.8, 4) is 0 Å². The van der Waals surface area contributed by atoms with E-state index in [0.717, 1.165) is 27.0 Å². The molecule has 0 spiro atoms. The van der Waals surface area contributed by atoms with E-state index in [0.29, 0.717) is 0 Å². The number of halogens is 1. The van der Waals surface area contributed by atoms with Gasteiger partial charge in [-0.1, -0.05) is 6.58 Å². The highest BCUT2D eigenvalue weighted by atomic mass is 79.9. The summed E-state index contributed by atoms with van der Waals surface area (Å²) in [6.45, 7) is 7.86. The predicted octanol–water partition coefficient (Wildman–Crippen LogP) is 2.99. The van der Waals surface area contributed by atoms with Crippen molar-refractivity contribution in [2.24, 2.45) is 0 Å². The Morgan fingerprint density at radius 2 is 2.29 bits per heavy atom. The molecule has 14 heavy (non-hydrogen) atoms. The molecule has 0 saturated heterocycles. The number of hydrogen-bond donors (Lipinski definition) is 0. The Morgan fingerprint density at radius 3 is 2.93 bits per heavy atom. The van der Waals surface area contributed by atoms with Crippen LogP contribution in [0.4, 0.5) is 0 Å². The number of allylic oxidation sites excluding steroid dienone is 1. The molecule has 0 radical (unpaired) electrons. The molecule has 0 aliphatic heterocycles. The molecule has 0 aromatic carbocycles. The van der Waals surface area contributed by atoms with Gasteiger partial charge in [-0.2, -0.15) is 0 Å². The third-order valence-corrected chi connectivity index (χ3v) is 2.44. The lowest BCUT2D eigenvalue weighted by atomic mass is 10.3. The molecule has 0 fully saturated rings. The van der Waals surface area contributed by atoms with Crippen molar-refractivity contribution in [1.29, 1.82) is 0 Å². The number of hydrogen-bond acceptors (Lipinski definition) is 2. The van der Waals surface area contributed by atoms with Gasteiger partial charge in [0.15, 0.2) is 5.65 Å². The lowest BCUT2D eigenvalue weighted by Gasteiger charge is -2.00. The summed E-state index contributed by atoms with van der Waals surface area (Å²) < 4.78 is 2.71. The molecule has 2 heterocycles. The second-order valence-corrected chi connectivity index (χ2v) is 4.09. The maximum absolute atomic E-state index is 4.37. The third-order valence-electron chi connectivity index (χ3n) is 2.06. The predicted molar refractivity (Wildman–Crippen MR) is 61.0 cm³/mol. The zero-order valence-corrected chi connectivity index (χ0v) is 9.67. The van der Waals surface area contributed by atoms with Crippen LogP contribution in [0.3, 0.4) is 0 Å². The summed E-state index contributed by atoms with van der Waals surface area (Å²) in [5.74, 6) is 0. The van der Waals surface area contributed by atoms with Gasteiger partial charge in [0.1, 0.15) is 10.1 Å². The number of nitrogens with zero attached hydrogens (tertiary/aromatic N) is 3. The molecule has 0 bridgehead atoms. The van der Waals surface area contributed by atoms with Crippen LogP contribution in [0.15, 0.2) is 23.6 Å². The van der Waals surface area contributed by atoms with E-state index in [1.165, 1.54) is 0 Å². The standard InChI is InChI=1S/C10H10BrN3/c1-6(2)14-5-7(3)9-10(14)12-4-8(11)13-9/h4-5H,1H2,2-3H3. The molecule has 0 unspecified atom stereocenters. The van der Waals surface area contributed by atoms with Crippen LogP contribution < -0.4 is 0 Å². The van der Waals surface area contributed by atoms with Crippen LogP contribution in [0.25, 0.3) is 16.9 Å². The fraction of sp³-hybridized carbons (Fsp3) is 0.200. The average molecular weight is 252 g/mol. The second kappa shape index (κ2) is 3.20. The molecule has 0 amide bonds. The first-order valence-electron chi connectivity index (χ1n) is 4.25. The van der Waals surface area contributed by atoms with Crippen molar-refractivity contribution in [2.75, 3.05) is 0 Å². The maximum Gasteiger partial charge on any atom is 0.163 e. The van der Waals surface area contributed by atoms with E-state index in [2.05, 4.69) is 32.5 Å². The van der Waals surface area contributed by atoms with Crippen molar-refractivity contribution >= 4 is 32.8 Å². The van der Waals surface area contributed by atoms with Crippen LogP contribution in [0.1, 0.15) is 12.5 Å². The molecule has 4 heteroatoms. The second-order valence-electron chi connectivity index (χ2n) is 3.28. The minimum atomic E-state index is 0.757. The maximum atomic E-state index is 4.37. The SMILES string of the molecule is C=C(C)n1cc(C)c2nc(Br)cnc21. The first-order valence-corrected chi connectivity index (χ1v) is 5.05. The summed E-state index contributed by atoms with van der Waals surface area (Å²) in [6.07, 6.45) is 3.70. The zero-order chi connectivity index (χ0) is 10.3. The van der Waals surface area contributed by atoms with E-state index in [1.807, 2.05) is 24.6 Å². The molecule has 0 N–H and O–H groups in total. The Morgan fingerprint density at radius 1 is 1.57 bits per heavy atom. The van der Waals surface area contributed by atoms with Crippen LogP contribution in [0.2, 0.25) is 0 Å². The highest BCUT2D eigenvalue weighted by molar-refractivity contribution is 9.10. The monoisotopic (exact) mass is 251 g/mol. The first-order chi connectivity index (χ1) is 6.59. The molecule has 72 valence electrons. The summed E-state index contributed by atoms with van der Waals surface area (Å²) in [7, 11) is 0. The largest absolute Gasteiger partial charge is 0.304 e. The van der Waals surface area contributed by atoms with Gasteiger partial charge < -0.3 is 4.57 Å². The molecular weight excluding hydrogens is 242 g/mol. The van der Waals surface area contributed by atoms with Gasteiger partial charge in [-0.3, -0.25) is 0 Å². The van der Waals surface area contributed by atoms with E-state index in [9.17, 15) is 0 Å². The fourth-order valence-corrected chi connectivity index (χ4v) is 1.69. The van der Waals surface area contributed by atoms with Crippen LogP contribution in [0.5, 0.6) is 0 Å². The summed E-state index contributed by atoms with van der Waals surface area (Å²) in [4.78, 5) is 8.69. The van der Waals surface area contributed by atoms with Gasteiger partial charge in [0, 0.05) is 11.9 Å². The number of aromatic nitrogens is 3. The highest BCUT2D eigenvalue weighted by Crippen LogP contribution is 2.21. The van der Waals surface area contributed by atoms with E-state index >= 15 is 0 Å². The molecule has 2 aromatic rings. The Bertz CT molecular complexity index is 513. The quantitative estimate of drug-likeness (QED) is 0.781. The van der Waals surface area contributed by atoms with Gasteiger partial charge >= 0.3 is 0 Å². The number of aryl methyl sites for hydroxylation is 1. The number of rotatable bonds is 1. The summed E-state index contributed by atoms with van der Waals surface area (Å²) in [5, 5.41) is 0. The van der Waals surface area contributed by atoms with E-state index in [4.69, 9.17) is 0 Å². The summed E-state index contributed by atoms with van der Waals surface area (Å²) >= 11 is 3.31. The van der Waals surface area contributed by atoms with Crippen molar-refractivity contribution in [2.45, 2.75) is 13.8 Å². The van der Waals surface area contributed by atoms with Crippen molar-refractivity contribution < 1.29 is 0 Å². The van der Waals surface area contributed by atoms with Crippen molar-refractivity contribution in [1.82, 2.24) is 14.5 Å². The third kappa shape index (κ3) is 1.35. The molecule has 0 saturated carbocycles. The van der Waals surface area contributed by atoms with E-state index in [1.54, 1.807) is 6.20 Å². The molecule has 2 aromatic heterocycles. The molecule has 3 nitrogen and oxygen atoms in total. The van der Waals surface area contributed by atoms with Crippen LogP contribution in [-0.4, -0.2) is 14.5 Å². The van der Waals surface area contributed by atoms with Gasteiger partial charge in [-0.05, 0) is 35.3 Å². The molecule has 0 atom stereocenters. The van der Waals surface area contributed by atoms with Gasteiger partial charge in [0.05, 0.1) is 6.20 Å². The lowest BCUT2D eigenvalue weighted by molar-refractivity contribution is 1.10. The Hall–Kier alpha value is -1.16. The zero-order valence-electron chi connectivity index (χ0n) is 8.08. The smallest absolute Gasteiger partial charge is 0.163 e. The van der Waals surface area contributed by atoms with E-state index in [-0.39, 0.29) is 0 Å². The first kappa shape index (κ1) is 9.40. The van der Waals surface area contributed by atoms with Crippen molar-refractivity contribution in [3.63, 3.8) is 0 Å². The average Bonchev–Trinajstić information content (AvgIpc) is 2.44. The van der Waals surface area contributed by atoms with Gasteiger partial charge in [0.25, 0.3) is 0 Å². The van der Waals surface area contributed by atoms with E-state index < -0.39 is 0 Å². The van der Waals surface area contributed by atoms with Crippen LogP contribution in [-0.2, 0) is 0 Å². The molecule has 0 aliphatic carbocycles. The lowest BCUT2D eigenvalue weighted by Crippen LogP contribution is -1.92. The number of fused-ring (bicyclic) bond motifs is 1. The summed E-state index contributed by atoms with van der Waals surface area (Å²) in [5.41, 5.74) is 3.83. The van der Waals surface area contributed by atoms with Gasteiger partial charge in [-0.25, -0.2) is 9.97 Å². The van der Waals surface area contributed by atoms with Crippen LogP contribution in [0, 0.1) is 6.92 Å². The highest BCUT2D eigenvalue weighted by Gasteiger charge is 2.08. The van der Waals surface area contributed by atoms with Crippen molar-refractivity contribution in [3.05, 3.63) is 29.1 Å². The molecular formula is C10H10BrN3. The Kier molecular flexibility index (Phi) is 2.15. The van der Waals surface area contributed by atoms with Gasteiger partial charge in [0.2, 0.25) is 0 Å². The minimum absolute atomic E-state index is 0.757. The Labute approximate surface area is 90.6 Å². The molecule has 2 rings (SSSR count). The van der Waals surface area contributed by atoms with Crippen LogP contribution >= 0.6 is 15.9 Å². The molecule has 0 aliphatic rings.